The predicted molar refractivity (Wildman–Crippen MR) is 109 cm³/mol. The van der Waals surface area contributed by atoms with E-state index < -0.39 is 11.2 Å². The van der Waals surface area contributed by atoms with E-state index in [1.807, 2.05) is 6.26 Å². The molecule has 1 atom stereocenters. The van der Waals surface area contributed by atoms with Gasteiger partial charge in [0.25, 0.3) is 0 Å². The fourth-order valence-electron chi connectivity index (χ4n) is 2.98. The third-order valence-corrected chi connectivity index (χ3v) is 5.48. The van der Waals surface area contributed by atoms with Gasteiger partial charge in [0.05, 0.1) is 6.26 Å². The zero-order valence-electron chi connectivity index (χ0n) is 16.7. The first-order valence-electron chi connectivity index (χ1n) is 10.6. The van der Waals surface area contributed by atoms with Crippen LogP contribution in [0.5, 0.6) is 0 Å². The molecule has 0 heterocycles. The van der Waals surface area contributed by atoms with E-state index in [-0.39, 0.29) is 0 Å². The molecule has 0 N–H and O–H groups in total. The van der Waals surface area contributed by atoms with Gasteiger partial charge in [-0.25, -0.2) is 0 Å². The van der Waals surface area contributed by atoms with Crippen LogP contribution in [0.4, 0.5) is 0 Å². The van der Waals surface area contributed by atoms with Crippen molar-refractivity contribution in [2.45, 2.75) is 110 Å². The zero-order valence-corrected chi connectivity index (χ0v) is 17.5. The molecular weight excluding hydrogens is 316 g/mol. The molecule has 0 fully saturated rings. The molecular formula is C21H44O2S. The second-order valence-electron chi connectivity index (χ2n) is 7.19. The second-order valence-corrected chi connectivity index (χ2v) is 8.75. The van der Waals surface area contributed by atoms with Crippen LogP contribution in [0.25, 0.3) is 0 Å². The van der Waals surface area contributed by atoms with Gasteiger partial charge < -0.3 is 9.29 Å². The molecule has 0 saturated heterocycles. The van der Waals surface area contributed by atoms with Gasteiger partial charge in [-0.05, 0) is 25.7 Å². The van der Waals surface area contributed by atoms with Crippen molar-refractivity contribution in [1.29, 1.82) is 0 Å². The zero-order chi connectivity index (χ0) is 17.7. The predicted octanol–water partition coefficient (Wildman–Crippen LogP) is 6.64. The molecule has 0 spiro atoms. The van der Waals surface area contributed by atoms with Crippen LogP contribution >= 0.6 is 0 Å². The Morgan fingerprint density at radius 2 is 0.958 bits per heavy atom. The maximum absolute atomic E-state index is 10.9. The van der Waals surface area contributed by atoms with Crippen molar-refractivity contribution in [3.05, 3.63) is 0 Å². The third-order valence-electron chi connectivity index (χ3n) is 4.61. The van der Waals surface area contributed by atoms with Gasteiger partial charge in [-0.3, -0.25) is 0 Å². The van der Waals surface area contributed by atoms with Crippen LogP contribution in [0.1, 0.15) is 110 Å². The number of ether oxygens (including phenoxy) is 1. The Hall–Kier alpha value is 0.270. The normalized spacial score (nSPS) is 12.6. The van der Waals surface area contributed by atoms with Crippen LogP contribution in [0.3, 0.4) is 0 Å². The first-order valence-corrected chi connectivity index (χ1v) is 12.4. The Morgan fingerprint density at radius 3 is 1.38 bits per heavy atom. The van der Waals surface area contributed by atoms with E-state index in [0.717, 1.165) is 25.4 Å². The third kappa shape index (κ3) is 22.3. The van der Waals surface area contributed by atoms with Crippen LogP contribution in [0.15, 0.2) is 0 Å². The molecule has 0 aliphatic rings. The minimum Gasteiger partial charge on any atom is -0.617 e. The molecule has 146 valence electrons. The highest BCUT2D eigenvalue weighted by atomic mass is 32.2. The van der Waals surface area contributed by atoms with E-state index in [1.165, 1.54) is 96.3 Å². The quantitative estimate of drug-likeness (QED) is 0.180. The summed E-state index contributed by atoms with van der Waals surface area (Å²) in [5.74, 6) is 0.895. The molecule has 0 radical (unpaired) electrons. The molecule has 0 aromatic carbocycles. The Morgan fingerprint density at radius 1 is 0.583 bits per heavy atom. The molecule has 0 rings (SSSR count). The van der Waals surface area contributed by atoms with Crippen LogP contribution in [0, 0.1) is 0 Å². The summed E-state index contributed by atoms with van der Waals surface area (Å²) >= 11 is -0.591. The van der Waals surface area contributed by atoms with Crippen LogP contribution < -0.4 is 0 Å². The van der Waals surface area contributed by atoms with Gasteiger partial charge in [-0.15, -0.1) is 0 Å². The van der Waals surface area contributed by atoms with Gasteiger partial charge in [-0.1, -0.05) is 95.1 Å². The number of unbranched alkanes of at least 4 members (excludes halogenated alkanes) is 14. The lowest BCUT2D eigenvalue weighted by atomic mass is 10.0. The van der Waals surface area contributed by atoms with Crippen molar-refractivity contribution < 1.29 is 9.29 Å². The minimum absolute atomic E-state index is 0.591. The molecule has 0 aliphatic heterocycles. The maximum Gasteiger partial charge on any atom is 0.105 e. The molecule has 0 amide bonds. The van der Waals surface area contributed by atoms with Crippen molar-refractivity contribution in [1.82, 2.24) is 0 Å². The lowest BCUT2D eigenvalue weighted by Gasteiger charge is -2.05. The summed E-state index contributed by atoms with van der Waals surface area (Å²) < 4.78 is 16.5. The van der Waals surface area contributed by atoms with Crippen LogP contribution in [-0.4, -0.2) is 29.8 Å². The van der Waals surface area contributed by atoms with Gasteiger partial charge in [0, 0.05) is 13.2 Å². The largest absolute Gasteiger partial charge is 0.617 e. The van der Waals surface area contributed by atoms with Crippen molar-refractivity contribution in [2.75, 3.05) is 25.2 Å². The first-order chi connectivity index (χ1) is 11.8. The standard InChI is InChI=1S/C21H44O2S/c1-3-4-19-23-20-17-15-13-11-9-7-5-6-8-10-12-14-16-18-21-24(2)22/h3-21H2,1-2H3. The fourth-order valence-corrected chi connectivity index (χ4v) is 3.59. The van der Waals surface area contributed by atoms with Gasteiger partial charge in [0.2, 0.25) is 0 Å². The summed E-state index contributed by atoms with van der Waals surface area (Å²) in [7, 11) is 0. The van der Waals surface area contributed by atoms with Gasteiger partial charge in [-0.2, -0.15) is 0 Å². The SMILES string of the molecule is CCCCOCCCCCCCCCCCCCCCC[S+](C)[O-]. The Balaban J connectivity index is 2.95. The number of hydrogen-bond acceptors (Lipinski definition) is 2. The summed E-state index contributed by atoms with van der Waals surface area (Å²) in [6.45, 7) is 4.13. The summed E-state index contributed by atoms with van der Waals surface area (Å²) in [5, 5.41) is 0. The fraction of sp³-hybridized carbons (Fsp3) is 1.00. The molecule has 0 saturated carbocycles. The van der Waals surface area contributed by atoms with E-state index in [0.29, 0.717) is 0 Å². The Bertz CT molecular complexity index is 222. The van der Waals surface area contributed by atoms with E-state index in [1.54, 1.807) is 0 Å². The second kappa shape index (κ2) is 21.3. The first kappa shape index (κ1) is 24.3. The lowest BCUT2D eigenvalue weighted by molar-refractivity contribution is 0.127. The van der Waals surface area contributed by atoms with Crippen molar-refractivity contribution in [2.24, 2.45) is 0 Å². The molecule has 1 unspecified atom stereocenters. The molecule has 0 aromatic heterocycles. The van der Waals surface area contributed by atoms with E-state index in [9.17, 15) is 4.55 Å². The average Bonchev–Trinajstić information content (AvgIpc) is 2.56. The number of rotatable bonds is 20. The molecule has 2 nitrogen and oxygen atoms in total. The average molecular weight is 361 g/mol. The molecule has 0 aromatic rings. The highest BCUT2D eigenvalue weighted by Crippen LogP contribution is 2.13. The van der Waals surface area contributed by atoms with Crippen molar-refractivity contribution in [3.63, 3.8) is 0 Å². The molecule has 0 aliphatic carbocycles. The highest BCUT2D eigenvalue weighted by Gasteiger charge is 1.97. The molecule has 0 bridgehead atoms. The van der Waals surface area contributed by atoms with E-state index in [4.69, 9.17) is 4.74 Å². The summed E-state index contributed by atoms with van der Waals surface area (Å²) in [4.78, 5) is 0. The van der Waals surface area contributed by atoms with Crippen molar-refractivity contribution in [3.8, 4) is 0 Å². The van der Waals surface area contributed by atoms with Gasteiger partial charge >= 0.3 is 0 Å². The summed E-state index contributed by atoms with van der Waals surface area (Å²) in [6, 6.07) is 0. The minimum atomic E-state index is -0.591. The monoisotopic (exact) mass is 360 g/mol. The topological polar surface area (TPSA) is 32.3 Å². The van der Waals surface area contributed by atoms with E-state index >= 15 is 0 Å². The Labute approximate surface area is 155 Å². The van der Waals surface area contributed by atoms with Crippen molar-refractivity contribution >= 4 is 11.2 Å². The molecule has 24 heavy (non-hydrogen) atoms. The van der Waals surface area contributed by atoms with Gasteiger partial charge in [0.1, 0.15) is 5.75 Å². The summed E-state index contributed by atoms with van der Waals surface area (Å²) in [6.07, 6.45) is 23.3. The van der Waals surface area contributed by atoms with Crippen LogP contribution in [-0.2, 0) is 15.9 Å². The lowest BCUT2D eigenvalue weighted by Crippen LogP contribution is -2.02. The highest BCUT2D eigenvalue weighted by molar-refractivity contribution is 7.90. The Kier molecular flexibility index (Phi) is 21.6. The number of hydrogen-bond donors (Lipinski definition) is 0. The summed E-state index contributed by atoms with van der Waals surface area (Å²) in [5.41, 5.74) is 0. The van der Waals surface area contributed by atoms with E-state index in [2.05, 4.69) is 6.92 Å². The smallest absolute Gasteiger partial charge is 0.105 e. The maximum atomic E-state index is 10.9. The van der Waals surface area contributed by atoms with Crippen LogP contribution in [0.2, 0.25) is 0 Å². The van der Waals surface area contributed by atoms with Gasteiger partial charge in [0.15, 0.2) is 0 Å². The molecule has 3 heteroatoms.